The van der Waals surface area contributed by atoms with E-state index in [1.165, 1.54) is 6.92 Å². The van der Waals surface area contributed by atoms with Gasteiger partial charge in [-0.1, -0.05) is 35.0 Å². The van der Waals surface area contributed by atoms with Crippen molar-refractivity contribution in [2.75, 3.05) is 6.61 Å². The number of benzene rings is 1. The summed E-state index contributed by atoms with van der Waals surface area (Å²) >= 11 is 0. The lowest BCUT2D eigenvalue weighted by Crippen LogP contribution is -2.24. The molecule has 0 aliphatic rings. The molecule has 19 heavy (non-hydrogen) atoms. The van der Waals surface area contributed by atoms with Crippen LogP contribution >= 0.6 is 0 Å². The molecule has 102 valence electrons. The predicted octanol–water partition coefficient (Wildman–Crippen LogP) is 2.02. The number of hydrogen-bond acceptors (Lipinski definition) is 5. The van der Waals surface area contributed by atoms with Gasteiger partial charge in [-0.05, 0) is 19.4 Å². The maximum Gasteiger partial charge on any atom is 0.364 e. The lowest BCUT2D eigenvalue weighted by Gasteiger charge is -2.04. The number of hydrogen-bond donors (Lipinski definition) is 0. The van der Waals surface area contributed by atoms with Gasteiger partial charge >= 0.3 is 5.97 Å². The summed E-state index contributed by atoms with van der Waals surface area (Å²) in [4.78, 5) is 27.7. The minimum atomic E-state index is -0.765. The first-order valence-electron chi connectivity index (χ1n) is 5.98. The van der Waals surface area contributed by atoms with Crippen LogP contribution in [0.2, 0.25) is 0 Å². The number of carbonyl (C=O) groups excluding carboxylic acids is 2. The van der Waals surface area contributed by atoms with Crippen LogP contribution in [-0.2, 0) is 25.8 Å². The molecular weight excluding hydrogens is 246 g/mol. The minimum absolute atomic E-state index is 0.184. The molecule has 0 unspecified atom stereocenters. The Morgan fingerprint density at radius 2 is 1.84 bits per heavy atom. The Morgan fingerprint density at radius 3 is 2.37 bits per heavy atom. The quantitative estimate of drug-likeness (QED) is 0.341. The second-order valence-corrected chi connectivity index (χ2v) is 3.98. The van der Waals surface area contributed by atoms with Crippen LogP contribution in [0.4, 0.5) is 0 Å². The van der Waals surface area contributed by atoms with E-state index in [0.29, 0.717) is 0 Å². The summed E-state index contributed by atoms with van der Waals surface area (Å²) in [6, 6.07) is 7.67. The molecule has 0 fully saturated rings. The molecule has 0 atom stereocenters. The Kier molecular flexibility index (Phi) is 5.73. The summed E-state index contributed by atoms with van der Waals surface area (Å²) in [5.74, 6) is -1.25. The van der Waals surface area contributed by atoms with Crippen molar-refractivity contribution in [3.05, 3.63) is 35.4 Å². The molecule has 0 aliphatic carbocycles. The fourth-order valence-corrected chi connectivity index (χ4v) is 1.30. The summed E-state index contributed by atoms with van der Waals surface area (Å²) in [7, 11) is 0. The number of aryl methyl sites for hydroxylation is 1. The number of rotatable bonds is 6. The Labute approximate surface area is 112 Å². The average molecular weight is 263 g/mol. The van der Waals surface area contributed by atoms with E-state index in [9.17, 15) is 9.59 Å². The van der Waals surface area contributed by atoms with Gasteiger partial charge in [-0.2, -0.15) is 0 Å². The van der Waals surface area contributed by atoms with Gasteiger partial charge in [0.1, 0.15) is 6.61 Å². The van der Waals surface area contributed by atoms with E-state index in [1.54, 1.807) is 6.92 Å². The third-order valence-electron chi connectivity index (χ3n) is 2.31. The Hall–Kier alpha value is -2.17. The standard InChI is InChI=1S/C14H17NO4/c1-4-18-14(17)13(11(3)16)15-19-9-12-7-5-10(2)6-8-12/h5-8H,4,9H2,1-3H3/b15-13-. The molecule has 1 aromatic rings. The van der Waals surface area contributed by atoms with Crippen molar-refractivity contribution in [2.24, 2.45) is 5.16 Å². The van der Waals surface area contributed by atoms with Crippen molar-refractivity contribution < 1.29 is 19.2 Å². The van der Waals surface area contributed by atoms with E-state index in [0.717, 1.165) is 11.1 Å². The molecule has 0 saturated heterocycles. The molecule has 5 nitrogen and oxygen atoms in total. The van der Waals surface area contributed by atoms with Gasteiger partial charge in [-0.15, -0.1) is 0 Å². The van der Waals surface area contributed by atoms with Crippen molar-refractivity contribution in [1.29, 1.82) is 0 Å². The molecular formula is C14H17NO4. The maximum absolute atomic E-state index is 11.4. The first kappa shape index (κ1) is 14.9. The lowest BCUT2D eigenvalue weighted by atomic mass is 10.2. The first-order chi connectivity index (χ1) is 9.04. The van der Waals surface area contributed by atoms with Crippen molar-refractivity contribution in [2.45, 2.75) is 27.4 Å². The molecule has 1 aromatic carbocycles. The molecule has 0 amide bonds. The summed E-state index contributed by atoms with van der Waals surface area (Å²) in [5.41, 5.74) is 1.72. The van der Waals surface area contributed by atoms with E-state index in [2.05, 4.69) is 5.16 Å². The highest BCUT2D eigenvalue weighted by Gasteiger charge is 2.18. The first-order valence-corrected chi connectivity index (χ1v) is 5.98. The monoisotopic (exact) mass is 263 g/mol. The zero-order chi connectivity index (χ0) is 14.3. The van der Waals surface area contributed by atoms with Gasteiger partial charge < -0.3 is 9.57 Å². The smallest absolute Gasteiger partial charge is 0.364 e. The van der Waals surface area contributed by atoms with Crippen molar-refractivity contribution in [1.82, 2.24) is 0 Å². The molecule has 0 aromatic heterocycles. The van der Waals surface area contributed by atoms with Crippen molar-refractivity contribution >= 4 is 17.5 Å². The molecule has 0 spiro atoms. The van der Waals surface area contributed by atoms with Gasteiger partial charge in [0, 0.05) is 6.92 Å². The van der Waals surface area contributed by atoms with Crippen molar-refractivity contribution in [3.8, 4) is 0 Å². The fourth-order valence-electron chi connectivity index (χ4n) is 1.30. The minimum Gasteiger partial charge on any atom is -0.461 e. The van der Waals surface area contributed by atoms with E-state index in [-0.39, 0.29) is 18.9 Å². The zero-order valence-corrected chi connectivity index (χ0v) is 11.3. The van der Waals surface area contributed by atoms with Gasteiger partial charge in [0.05, 0.1) is 6.61 Å². The van der Waals surface area contributed by atoms with Crippen LogP contribution < -0.4 is 0 Å². The Bertz CT molecular complexity index is 477. The molecule has 0 saturated carbocycles. The largest absolute Gasteiger partial charge is 0.461 e. The highest BCUT2D eigenvalue weighted by molar-refractivity contribution is 6.63. The van der Waals surface area contributed by atoms with Crippen LogP contribution in [0.25, 0.3) is 0 Å². The van der Waals surface area contributed by atoms with Crippen LogP contribution in [0.15, 0.2) is 29.4 Å². The van der Waals surface area contributed by atoms with Crippen LogP contribution in [0.5, 0.6) is 0 Å². The lowest BCUT2D eigenvalue weighted by molar-refractivity contribution is -0.136. The number of Topliss-reactive ketones (excluding diaryl/α,β-unsaturated/α-hetero) is 1. The van der Waals surface area contributed by atoms with E-state index >= 15 is 0 Å². The Morgan fingerprint density at radius 1 is 1.21 bits per heavy atom. The average Bonchev–Trinajstić information content (AvgIpc) is 2.36. The SMILES string of the molecule is CCOC(=O)/C(=N\OCc1ccc(C)cc1)C(C)=O. The molecule has 0 N–H and O–H groups in total. The van der Waals surface area contributed by atoms with Crippen LogP contribution in [0.1, 0.15) is 25.0 Å². The van der Waals surface area contributed by atoms with E-state index in [1.807, 2.05) is 31.2 Å². The fraction of sp³-hybridized carbons (Fsp3) is 0.357. The maximum atomic E-state index is 11.4. The summed E-state index contributed by atoms with van der Waals surface area (Å²) in [5, 5.41) is 3.55. The van der Waals surface area contributed by atoms with Gasteiger partial charge in [-0.3, -0.25) is 4.79 Å². The molecule has 0 bridgehead atoms. The number of nitrogens with zero attached hydrogens (tertiary/aromatic N) is 1. The molecule has 0 heterocycles. The zero-order valence-electron chi connectivity index (χ0n) is 11.3. The molecule has 0 aliphatic heterocycles. The summed E-state index contributed by atoms with van der Waals surface area (Å²) < 4.78 is 4.71. The van der Waals surface area contributed by atoms with Crippen LogP contribution in [-0.4, -0.2) is 24.1 Å². The third kappa shape index (κ3) is 4.91. The number of ether oxygens (including phenoxy) is 1. The number of carbonyl (C=O) groups is 2. The number of ketones is 1. The summed E-state index contributed by atoms with van der Waals surface area (Å²) in [6.45, 7) is 5.25. The van der Waals surface area contributed by atoms with Crippen molar-refractivity contribution in [3.63, 3.8) is 0 Å². The van der Waals surface area contributed by atoms with Crippen LogP contribution in [0, 0.1) is 6.92 Å². The Balaban J connectivity index is 2.64. The van der Waals surface area contributed by atoms with E-state index < -0.39 is 11.8 Å². The topological polar surface area (TPSA) is 65.0 Å². The van der Waals surface area contributed by atoms with Gasteiger partial charge in [0.15, 0.2) is 5.78 Å². The summed E-state index contributed by atoms with van der Waals surface area (Å²) in [6.07, 6.45) is 0. The number of oxime groups is 1. The molecule has 1 rings (SSSR count). The molecule has 5 heteroatoms. The van der Waals surface area contributed by atoms with Gasteiger partial charge in [0.2, 0.25) is 5.71 Å². The second kappa shape index (κ2) is 7.31. The predicted molar refractivity (Wildman–Crippen MR) is 70.7 cm³/mol. The molecule has 0 radical (unpaired) electrons. The third-order valence-corrected chi connectivity index (χ3v) is 2.31. The highest BCUT2D eigenvalue weighted by atomic mass is 16.6. The number of esters is 1. The van der Waals surface area contributed by atoms with Gasteiger partial charge in [-0.25, -0.2) is 4.79 Å². The van der Waals surface area contributed by atoms with Crippen LogP contribution in [0.3, 0.4) is 0 Å². The second-order valence-electron chi connectivity index (χ2n) is 3.98. The van der Waals surface area contributed by atoms with E-state index in [4.69, 9.17) is 9.57 Å². The highest BCUT2D eigenvalue weighted by Crippen LogP contribution is 2.05. The normalized spacial score (nSPS) is 11.0. The van der Waals surface area contributed by atoms with Gasteiger partial charge in [0.25, 0.3) is 0 Å².